The fraction of sp³-hybridized carbons (Fsp3) is 0.200. The number of aryl methyl sites for hydroxylation is 2. The summed E-state index contributed by atoms with van der Waals surface area (Å²) in [5, 5.41) is 0. The third-order valence-electron chi connectivity index (χ3n) is 1.86. The maximum Gasteiger partial charge on any atom is 0.400 e. The van der Waals surface area contributed by atoms with Gasteiger partial charge < -0.3 is 9.42 Å². The Bertz CT molecular complexity index is 378. The van der Waals surface area contributed by atoms with Gasteiger partial charge in [0.1, 0.15) is 5.75 Å². The molecule has 1 rings (SSSR count). The van der Waals surface area contributed by atoms with Gasteiger partial charge in [0.2, 0.25) is 0 Å². The van der Waals surface area contributed by atoms with E-state index in [-0.39, 0.29) is 0 Å². The Labute approximate surface area is 83.6 Å². The maximum atomic E-state index is 11.3. The van der Waals surface area contributed by atoms with Crippen LogP contribution < -0.4 is 4.52 Å². The molecular formula is C10H13O3P. The van der Waals surface area contributed by atoms with Gasteiger partial charge in [0, 0.05) is 5.82 Å². The zero-order valence-electron chi connectivity index (χ0n) is 8.23. The highest BCUT2D eigenvalue weighted by atomic mass is 31.2. The molecule has 0 saturated carbocycles. The van der Waals surface area contributed by atoms with Gasteiger partial charge in [0.25, 0.3) is 0 Å². The number of hydrogen-bond donors (Lipinski definition) is 1. The van der Waals surface area contributed by atoms with Crippen molar-refractivity contribution in [3.63, 3.8) is 0 Å². The first-order valence-corrected chi connectivity index (χ1v) is 5.83. The number of rotatable bonds is 3. The van der Waals surface area contributed by atoms with Crippen LogP contribution in [-0.2, 0) is 4.57 Å². The molecule has 1 unspecified atom stereocenters. The molecule has 1 N–H and O–H groups in total. The topological polar surface area (TPSA) is 46.5 Å². The first kappa shape index (κ1) is 11.0. The van der Waals surface area contributed by atoms with Gasteiger partial charge in [-0.05, 0) is 25.0 Å². The molecule has 3 nitrogen and oxygen atoms in total. The Morgan fingerprint density at radius 1 is 1.43 bits per heavy atom. The standard InChI is InChI=1S/C10H13O3P/c1-4-14(11,12)13-10-8(2)6-5-7-9(10)3/h4-7H,1H2,2-3H3,(H,11,12). The zero-order chi connectivity index (χ0) is 10.8. The predicted molar refractivity (Wildman–Crippen MR) is 56.6 cm³/mol. The Hall–Kier alpha value is -1.05. The number of hydrogen-bond acceptors (Lipinski definition) is 2. The third kappa shape index (κ3) is 2.47. The first-order valence-electron chi connectivity index (χ1n) is 4.18. The molecular weight excluding hydrogens is 199 g/mol. The van der Waals surface area contributed by atoms with Crippen LogP contribution >= 0.6 is 7.60 Å². The molecule has 14 heavy (non-hydrogen) atoms. The molecule has 0 radical (unpaired) electrons. The molecule has 0 spiro atoms. The second kappa shape index (κ2) is 3.99. The van der Waals surface area contributed by atoms with Crippen LogP contribution in [-0.4, -0.2) is 4.89 Å². The van der Waals surface area contributed by atoms with Gasteiger partial charge in [0.05, 0.1) is 0 Å². The van der Waals surface area contributed by atoms with Crippen molar-refractivity contribution in [1.82, 2.24) is 0 Å². The van der Waals surface area contributed by atoms with E-state index in [4.69, 9.17) is 4.52 Å². The fourth-order valence-electron chi connectivity index (χ4n) is 1.11. The monoisotopic (exact) mass is 212 g/mol. The van der Waals surface area contributed by atoms with Crippen LogP contribution in [0.5, 0.6) is 5.75 Å². The highest BCUT2D eigenvalue weighted by Crippen LogP contribution is 2.45. The second-order valence-corrected chi connectivity index (χ2v) is 4.73. The van der Waals surface area contributed by atoms with Crippen molar-refractivity contribution in [3.8, 4) is 5.75 Å². The summed E-state index contributed by atoms with van der Waals surface area (Å²) in [6.45, 7) is 6.90. The molecule has 1 aromatic carbocycles. The van der Waals surface area contributed by atoms with E-state index in [0.717, 1.165) is 16.9 Å². The SMILES string of the molecule is C=CP(=O)(O)Oc1c(C)cccc1C. The van der Waals surface area contributed by atoms with Crippen molar-refractivity contribution in [2.45, 2.75) is 13.8 Å². The van der Waals surface area contributed by atoms with Crippen molar-refractivity contribution in [2.24, 2.45) is 0 Å². The summed E-state index contributed by atoms with van der Waals surface area (Å²) in [5.41, 5.74) is 1.67. The molecule has 1 atom stereocenters. The first-order chi connectivity index (χ1) is 6.46. The molecule has 0 aliphatic rings. The molecule has 0 heterocycles. The molecule has 0 aliphatic heterocycles. The van der Waals surface area contributed by atoms with Crippen LogP contribution in [0.2, 0.25) is 0 Å². The highest BCUT2D eigenvalue weighted by molar-refractivity contribution is 7.56. The Morgan fingerprint density at radius 2 is 1.93 bits per heavy atom. The van der Waals surface area contributed by atoms with Crippen LogP contribution in [0.4, 0.5) is 0 Å². The van der Waals surface area contributed by atoms with Crippen molar-refractivity contribution < 1.29 is 14.0 Å². The lowest BCUT2D eigenvalue weighted by Crippen LogP contribution is -1.93. The van der Waals surface area contributed by atoms with Crippen LogP contribution in [0, 0.1) is 13.8 Å². The lowest BCUT2D eigenvalue weighted by atomic mass is 10.1. The molecule has 0 fully saturated rings. The van der Waals surface area contributed by atoms with Gasteiger partial charge >= 0.3 is 7.60 Å². The molecule has 0 bridgehead atoms. The summed E-state index contributed by atoms with van der Waals surface area (Å²) in [4.78, 5) is 9.24. The van der Waals surface area contributed by atoms with E-state index < -0.39 is 7.60 Å². The van der Waals surface area contributed by atoms with Crippen molar-refractivity contribution in [3.05, 3.63) is 41.7 Å². The van der Waals surface area contributed by atoms with Crippen LogP contribution in [0.1, 0.15) is 11.1 Å². The third-order valence-corrected chi connectivity index (χ3v) is 2.77. The molecule has 1 aromatic rings. The van der Waals surface area contributed by atoms with E-state index in [9.17, 15) is 9.46 Å². The Morgan fingerprint density at radius 3 is 2.36 bits per heavy atom. The molecule has 76 valence electrons. The van der Waals surface area contributed by atoms with Crippen LogP contribution in [0.3, 0.4) is 0 Å². The maximum absolute atomic E-state index is 11.3. The minimum Gasteiger partial charge on any atom is -0.421 e. The highest BCUT2D eigenvalue weighted by Gasteiger charge is 2.17. The summed E-state index contributed by atoms with van der Waals surface area (Å²) in [6.07, 6.45) is 0. The van der Waals surface area contributed by atoms with Gasteiger partial charge in [0.15, 0.2) is 0 Å². The minimum absolute atomic E-state index is 0.457. The van der Waals surface area contributed by atoms with E-state index in [1.165, 1.54) is 0 Å². The second-order valence-electron chi connectivity index (χ2n) is 3.06. The summed E-state index contributed by atoms with van der Waals surface area (Å²) in [5.74, 6) is 1.39. The van der Waals surface area contributed by atoms with Crippen molar-refractivity contribution in [1.29, 1.82) is 0 Å². The molecule has 0 saturated heterocycles. The lowest BCUT2D eigenvalue weighted by Gasteiger charge is -2.13. The quantitative estimate of drug-likeness (QED) is 0.783. The van der Waals surface area contributed by atoms with Crippen molar-refractivity contribution in [2.75, 3.05) is 0 Å². The Kier molecular flexibility index (Phi) is 3.14. The fourth-order valence-corrected chi connectivity index (χ4v) is 1.74. The summed E-state index contributed by atoms with van der Waals surface area (Å²) >= 11 is 0. The van der Waals surface area contributed by atoms with E-state index in [1.807, 2.05) is 32.0 Å². The van der Waals surface area contributed by atoms with E-state index in [0.29, 0.717) is 5.75 Å². The predicted octanol–water partition coefficient (Wildman–Crippen LogP) is 3.01. The average molecular weight is 212 g/mol. The van der Waals surface area contributed by atoms with Gasteiger partial charge in [-0.15, -0.1) is 0 Å². The largest absolute Gasteiger partial charge is 0.421 e. The summed E-state index contributed by atoms with van der Waals surface area (Å²) in [6, 6.07) is 5.52. The smallest absolute Gasteiger partial charge is 0.400 e. The van der Waals surface area contributed by atoms with Gasteiger partial charge in [-0.25, -0.2) is 4.57 Å². The zero-order valence-corrected chi connectivity index (χ0v) is 9.12. The summed E-state index contributed by atoms with van der Waals surface area (Å²) in [7, 11) is -3.69. The molecule has 0 aromatic heterocycles. The van der Waals surface area contributed by atoms with Gasteiger partial charge in [-0.1, -0.05) is 24.8 Å². The average Bonchev–Trinajstić information content (AvgIpc) is 2.12. The lowest BCUT2D eigenvalue weighted by molar-refractivity contribution is 0.390. The number of para-hydroxylation sites is 1. The van der Waals surface area contributed by atoms with Gasteiger partial charge in [-0.2, -0.15) is 0 Å². The molecule has 0 aliphatic carbocycles. The van der Waals surface area contributed by atoms with Gasteiger partial charge in [-0.3, -0.25) is 0 Å². The Balaban J connectivity index is 3.09. The van der Waals surface area contributed by atoms with E-state index >= 15 is 0 Å². The minimum atomic E-state index is -3.69. The summed E-state index contributed by atoms with van der Waals surface area (Å²) < 4.78 is 16.3. The van der Waals surface area contributed by atoms with Crippen LogP contribution in [0.15, 0.2) is 30.6 Å². The van der Waals surface area contributed by atoms with Crippen molar-refractivity contribution >= 4 is 7.60 Å². The number of benzene rings is 1. The van der Waals surface area contributed by atoms with E-state index in [1.54, 1.807) is 0 Å². The van der Waals surface area contributed by atoms with Crippen LogP contribution in [0.25, 0.3) is 0 Å². The van der Waals surface area contributed by atoms with E-state index in [2.05, 4.69) is 6.58 Å². The normalized spacial score (nSPS) is 14.5. The molecule has 0 amide bonds. The molecule has 4 heteroatoms.